The molecule has 0 unspecified atom stereocenters. The van der Waals surface area contributed by atoms with Crippen LogP contribution in [0.4, 0.5) is 10.7 Å². The molecule has 0 atom stereocenters. The number of nitrogen functional groups attached to an aromatic ring is 1. The molecule has 0 aliphatic carbocycles. The summed E-state index contributed by atoms with van der Waals surface area (Å²) < 4.78 is 0. The molecule has 6 heteroatoms. The molecule has 3 N–H and O–H groups in total. The highest BCUT2D eigenvalue weighted by Gasteiger charge is 2.22. The molecule has 0 saturated carbocycles. The first-order valence-electron chi connectivity index (χ1n) is 6.45. The first kappa shape index (κ1) is 14.7. The number of thiophene rings is 1. The van der Waals surface area contributed by atoms with Gasteiger partial charge in [-0.15, -0.1) is 23.1 Å². The van der Waals surface area contributed by atoms with Crippen LogP contribution < -0.4 is 11.1 Å². The topological polar surface area (TPSA) is 58.4 Å². The van der Waals surface area contributed by atoms with Crippen LogP contribution in [0.3, 0.4) is 0 Å². The van der Waals surface area contributed by atoms with Crippen LogP contribution in [0.15, 0.2) is 4.90 Å². The van der Waals surface area contributed by atoms with Crippen LogP contribution in [0.5, 0.6) is 0 Å². The minimum atomic E-state index is 0.0502. The van der Waals surface area contributed by atoms with Gasteiger partial charge in [0, 0.05) is 13.0 Å². The summed E-state index contributed by atoms with van der Waals surface area (Å²) in [4.78, 5) is 15.6. The molecular weight excluding hydrogens is 278 g/mol. The van der Waals surface area contributed by atoms with Crippen LogP contribution in [0.25, 0.3) is 0 Å². The third kappa shape index (κ3) is 3.24. The lowest BCUT2D eigenvalue weighted by Crippen LogP contribution is -2.36. The molecule has 1 aromatic rings. The van der Waals surface area contributed by atoms with Crippen molar-refractivity contribution in [1.29, 1.82) is 0 Å². The van der Waals surface area contributed by atoms with Crippen molar-refractivity contribution in [2.45, 2.75) is 30.7 Å². The van der Waals surface area contributed by atoms with Gasteiger partial charge < -0.3 is 16.0 Å². The van der Waals surface area contributed by atoms with Crippen molar-refractivity contribution in [3.8, 4) is 0 Å². The molecule has 1 aliphatic rings. The number of rotatable bonds is 4. The van der Waals surface area contributed by atoms with Crippen molar-refractivity contribution >= 4 is 39.6 Å². The predicted octanol–water partition coefficient (Wildman–Crippen LogP) is 2.76. The maximum Gasteiger partial charge on any atom is 0.171 e. The Hall–Kier alpha value is -0.720. The van der Waals surface area contributed by atoms with Gasteiger partial charge in [-0.2, -0.15) is 0 Å². The van der Waals surface area contributed by atoms with E-state index in [4.69, 9.17) is 5.73 Å². The fourth-order valence-corrected chi connectivity index (χ4v) is 4.32. The largest absolute Gasteiger partial charge is 0.396 e. The first-order valence-corrected chi connectivity index (χ1v) is 8.49. The Morgan fingerprint density at radius 3 is 2.63 bits per heavy atom. The van der Waals surface area contributed by atoms with Gasteiger partial charge in [-0.25, -0.2) is 0 Å². The number of Topliss-reactive ketones (excluding diaryl/α,β-unsaturated/α-hetero) is 1. The zero-order chi connectivity index (χ0) is 14.0. The van der Waals surface area contributed by atoms with Crippen LogP contribution in [-0.4, -0.2) is 43.1 Å². The highest BCUT2D eigenvalue weighted by molar-refractivity contribution is 7.99. The molecule has 0 aromatic carbocycles. The maximum absolute atomic E-state index is 11.6. The molecule has 0 spiro atoms. The summed E-state index contributed by atoms with van der Waals surface area (Å²) in [7, 11) is 2.15. The number of carbonyl (C=O) groups excluding carboxylic acids is 1. The predicted molar refractivity (Wildman–Crippen MR) is 84.7 cm³/mol. The summed E-state index contributed by atoms with van der Waals surface area (Å²) in [6.45, 7) is 3.81. The Labute approximate surface area is 122 Å². The van der Waals surface area contributed by atoms with Crippen LogP contribution >= 0.6 is 23.1 Å². The molecule has 1 aliphatic heterocycles. The number of hydrogen-bond donors (Lipinski definition) is 2. The summed E-state index contributed by atoms with van der Waals surface area (Å²) in [6.07, 6.45) is 4.28. The van der Waals surface area contributed by atoms with E-state index in [2.05, 4.69) is 17.3 Å². The standard InChI is InChI=1S/C13H21N3OS2/c1-8(17)11-10(14)12(18-3)13(19-11)15-9-4-6-16(2)7-5-9/h9,15H,4-7,14H2,1-3H3. The Bertz CT molecular complexity index is 465. The quantitative estimate of drug-likeness (QED) is 0.661. The number of anilines is 2. The van der Waals surface area contributed by atoms with Gasteiger partial charge >= 0.3 is 0 Å². The van der Waals surface area contributed by atoms with E-state index < -0.39 is 0 Å². The lowest BCUT2D eigenvalue weighted by atomic mass is 10.1. The summed E-state index contributed by atoms with van der Waals surface area (Å²) in [5, 5.41) is 4.64. The van der Waals surface area contributed by atoms with Gasteiger partial charge in [-0.05, 0) is 39.2 Å². The van der Waals surface area contributed by atoms with E-state index in [1.54, 1.807) is 18.7 Å². The highest BCUT2D eigenvalue weighted by Crippen LogP contribution is 2.42. The van der Waals surface area contributed by atoms with Crippen molar-refractivity contribution in [2.75, 3.05) is 37.4 Å². The average molecular weight is 299 g/mol. The van der Waals surface area contributed by atoms with Gasteiger partial charge in [-0.1, -0.05) is 0 Å². The smallest absolute Gasteiger partial charge is 0.171 e. The second-order valence-corrected chi connectivity index (χ2v) is 6.82. The van der Waals surface area contributed by atoms with Crippen molar-refractivity contribution < 1.29 is 4.79 Å². The molecule has 0 bridgehead atoms. The fourth-order valence-electron chi connectivity index (χ4n) is 2.33. The van der Waals surface area contributed by atoms with Crippen molar-refractivity contribution in [3.63, 3.8) is 0 Å². The monoisotopic (exact) mass is 299 g/mol. The molecule has 19 heavy (non-hydrogen) atoms. The number of nitrogens with one attached hydrogen (secondary N) is 1. The summed E-state index contributed by atoms with van der Waals surface area (Å²) in [5.41, 5.74) is 6.70. The molecule has 2 rings (SSSR count). The molecule has 1 saturated heterocycles. The van der Waals surface area contributed by atoms with Crippen LogP contribution in [0.2, 0.25) is 0 Å². The van der Waals surface area contributed by atoms with E-state index in [1.165, 1.54) is 11.3 Å². The third-order valence-electron chi connectivity index (χ3n) is 3.48. The normalized spacial score (nSPS) is 17.6. The zero-order valence-electron chi connectivity index (χ0n) is 11.7. The van der Waals surface area contributed by atoms with Gasteiger partial charge in [-0.3, -0.25) is 4.79 Å². The average Bonchev–Trinajstić information content (AvgIpc) is 2.68. The lowest BCUT2D eigenvalue weighted by molar-refractivity contribution is 0.102. The number of nitrogens with zero attached hydrogens (tertiary/aromatic N) is 1. The van der Waals surface area contributed by atoms with Crippen LogP contribution in [0, 0.1) is 0 Å². The molecule has 1 aromatic heterocycles. The van der Waals surface area contributed by atoms with E-state index in [0.717, 1.165) is 35.8 Å². The van der Waals surface area contributed by atoms with E-state index in [1.807, 2.05) is 6.26 Å². The molecule has 0 amide bonds. The molecule has 2 heterocycles. The van der Waals surface area contributed by atoms with Gasteiger partial charge in [0.15, 0.2) is 5.78 Å². The van der Waals surface area contributed by atoms with E-state index in [-0.39, 0.29) is 5.78 Å². The Morgan fingerprint density at radius 1 is 1.47 bits per heavy atom. The minimum Gasteiger partial charge on any atom is -0.396 e. The number of ketones is 1. The van der Waals surface area contributed by atoms with E-state index in [0.29, 0.717) is 16.6 Å². The van der Waals surface area contributed by atoms with Gasteiger partial charge in [0.1, 0.15) is 5.00 Å². The van der Waals surface area contributed by atoms with E-state index >= 15 is 0 Å². The summed E-state index contributed by atoms with van der Waals surface area (Å²) in [5.74, 6) is 0.0502. The number of thioether (sulfide) groups is 1. The number of nitrogens with two attached hydrogens (primary N) is 1. The number of likely N-dealkylation sites (tertiary alicyclic amines) is 1. The Morgan fingerprint density at radius 2 is 2.11 bits per heavy atom. The van der Waals surface area contributed by atoms with Gasteiger partial charge in [0.25, 0.3) is 0 Å². The number of hydrogen-bond acceptors (Lipinski definition) is 6. The van der Waals surface area contributed by atoms with Gasteiger partial charge in [0.2, 0.25) is 0 Å². The van der Waals surface area contributed by atoms with E-state index in [9.17, 15) is 4.79 Å². The Kier molecular flexibility index (Phi) is 4.76. The number of piperidine rings is 1. The van der Waals surface area contributed by atoms with Crippen molar-refractivity contribution in [2.24, 2.45) is 0 Å². The second-order valence-electron chi connectivity index (χ2n) is 4.99. The summed E-state index contributed by atoms with van der Waals surface area (Å²) in [6, 6.07) is 0.486. The molecule has 106 valence electrons. The zero-order valence-corrected chi connectivity index (χ0v) is 13.3. The Balaban J connectivity index is 2.15. The SMILES string of the molecule is CSc1c(NC2CCN(C)CC2)sc(C(C)=O)c1N. The fraction of sp³-hybridized carbons (Fsp3) is 0.615. The first-order chi connectivity index (χ1) is 9.02. The summed E-state index contributed by atoms with van der Waals surface area (Å²) >= 11 is 3.10. The van der Waals surface area contributed by atoms with Crippen molar-refractivity contribution in [3.05, 3.63) is 4.88 Å². The maximum atomic E-state index is 11.6. The molecule has 1 fully saturated rings. The third-order valence-corrected chi connectivity index (χ3v) is 5.68. The number of carbonyl (C=O) groups is 1. The van der Waals surface area contributed by atoms with Crippen LogP contribution in [-0.2, 0) is 0 Å². The molecular formula is C13H21N3OS2. The minimum absolute atomic E-state index is 0.0502. The van der Waals surface area contributed by atoms with Crippen molar-refractivity contribution in [1.82, 2.24) is 4.90 Å². The van der Waals surface area contributed by atoms with Crippen LogP contribution in [0.1, 0.15) is 29.4 Å². The second kappa shape index (κ2) is 6.15. The molecule has 0 radical (unpaired) electrons. The highest BCUT2D eigenvalue weighted by atomic mass is 32.2. The lowest BCUT2D eigenvalue weighted by Gasteiger charge is -2.29. The molecule has 4 nitrogen and oxygen atoms in total. The van der Waals surface area contributed by atoms with Gasteiger partial charge in [0.05, 0.1) is 15.5 Å².